The number of carbonyl (C=O) groups excluding carboxylic acids is 1. The number of rotatable bonds is 5. The zero-order chi connectivity index (χ0) is 19.7. The maximum Gasteiger partial charge on any atom is 0.232 e. The number of likely N-dealkylation sites (tertiary alicyclic amines) is 1. The lowest BCUT2D eigenvalue weighted by atomic mass is 10.1. The van der Waals surface area contributed by atoms with Gasteiger partial charge in [0.25, 0.3) is 0 Å². The van der Waals surface area contributed by atoms with Gasteiger partial charge < -0.3 is 9.42 Å². The first-order chi connectivity index (χ1) is 13.5. The van der Waals surface area contributed by atoms with E-state index in [0.717, 1.165) is 6.42 Å². The van der Waals surface area contributed by atoms with Gasteiger partial charge in [0.1, 0.15) is 5.82 Å². The molecule has 4 rings (SSSR count). The maximum absolute atomic E-state index is 13.3. The number of aryl methyl sites for hydroxylation is 1. The molecule has 1 atom stereocenters. The van der Waals surface area contributed by atoms with Crippen molar-refractivity contribution in [3.63, 3.8) is 0 Å². The van der Waals surface area contributed by atoms with E-state index >= 15 is 0 Å². The van der Waals surface area contributed by atoms with Crippen molar-refractivity contribution in [1.29, 1.82) is 0 Å². The van der Waals surface area contributed by atoms with Crippen LogP contribution in [0.15, 0.2) is 47.0 Å². The summed E-state index contributed by atoms with van der Waals surface area (Å²) in [5.41, 5.74) is 2.99. The van der Waals surface area contributed by atoms with Crippen molar-refractivity contribution in [3.05, 3.63) is 70.3 Å². The van der Waals surface area contributed by atoms with Crippen LogP contribution >= 0.6 is 11.6 Å². The molecule has 0 saturated carbocycles. The molecule has 1 saturated heterocycles. The Morgan fingerprint density at radius 2 is 2.04 bits per heavy atom. The molecule has 2 aromatic carbocycles. The van der Waals surface area contributed by atoms with Gasteiger partial charge in [0.05, 0.1) is 10.9 Å². The van der Waals surface area contributed by atoms with Crippen LogP contribution in [-0.2, 0) is 11.2 Å². The minimum absolute atomic E-state index is 0.00201. The number of amides is 1. The fourth-order valence-electron chi connectivity index (χ4n) is 3.33. The average Bonchev–Trinajstić information content (AvgIpc) is 3.31. The van der Waals surface area contributed by atoms with Gasteiger partial charge in [-0.05, 0) is 37.1 Å². The molecule has 0 N–H and O–H groups in total. The van der Waals surface area contributed by atoms with Gasteiger partial charge in [0.15, 0.2) is 0 Å². The van der Waals surface area contributed by atoms with Crippen LogP contribution in [-0.4, -0.2) is 34.0 Å². The van der Waals surface area contributed by atoms with Gasteiger partial charge in [0, 0.05) is 25.1 Å². The lowest BCUT2D eigenvalue weighted by Crippen LogP contribution is -2.27. The van der Waals surface area contributed by atoms with Crippen molar-refractivity contribution >= 4 is 17.5 Å². The monoisotopic (exact) mass is 399 g/mol. The molecule has 144 valence electrons. The van der Waals surface area contributed by atoms with E-state index in [1.54, 1.807) is 6.07 Å². The molecular formula is C21H19ClFN3O2. The van der Waals surface area contributed by atoms with Gasteiger partial charge in [-0.2, -0.15) is 4.98 Å². The van der Waals surface area contributed by atoms with Crippen LogP contribution in [0.5, 0.6) is 0 Å². The van der Waals surface area contributed by atoms with Crippen molar-refractivity contribution in [2.75, 3.05) is 13.1 Å². The van der Waals surface area contributed by atoms with Crippen molar-refractivity contribution < 1.29 is 13.7 Å². The van der Waals surface area contributed by atoms with Crippen LogP contribution < -0.4 is 0 Å². The van der Waals surface area contributed by atoms with Crippen LogP contribution in [0.4, 0.5) is 4.39 Å². The van der Waals surface area contributed by atoms with Crippen molar-refractivity contribution in [2.45, 2.75) is 25.7 Å². The summed E-state index contributed by atoms with van der Waals surface area (Å²) < 4.78 is 18.7. The molecule has 1 aromatic heterocycles. The van der Waals surface area contributed by atoms with E-state index in [1.807, 2.05) is 4.90 Å². The maximum atomic E-state index is 13.3. The number of nitrogens with zero attached hydrogens (tertiary/aromatic N) is 3. The summed E-state index contributed by atoms with van der Waals surface area (Å²) in [6.07, 6.45) is 1.15. The van der Waals surface area contributed by atoms with Gasteiger partial charge >= 0.3 is 0 Å². The average molecular weight is 400 g/mol. The van der Waals surface area contributed by atoms with Gasteiger partial charge in [-0.3, -0.25) is 4.79 Å². The number of halogens is 2. The lowest BCUT2D eigenvalue weighted by molar-refractivity contribution is -0.127. The summed E-state index contributed by atoms with van der Waals surface area (Å²) in [5, 5.41) is 3.96. The SMILES string of the molecule is Cc1ccc(CCN2CC(c3nc(-c4ccc(F)c(Cl)c4)no3)CC2=O)cc1. The van der Waals surface area contributed by atoms with E-state index in [-0.39, 0.29) is 16.8 Å². The number of hydrogen-bond donors (Lipinski definition) is 0. The summed E-state index contributed by atoms with van der Waals surface area (Å²) in [4.78, 5) is 18.6. The smallest absolute Gasteiger partial charge is 0.232 e. The number of hydrogen-bond acceptors (Lipinski definition) is 4. The molecule has 28 heavy (non-hydrogen) atoms. The highest BCUT2D eigenvalue weighted by Crippen LogP contribution is 2.29. The number of benzene rings is 2. The van der Waals surface area contributed by atoms with Gasteiger partial charge in [0.2, 0.25) is 17.6 Å². The third kappa shape index (κ3) is 3.92. The molecule has 1 aliphatic rings. The minimum atomic E-state index is -0.500. The molecular weight excluding hydrogens is 381 g/mol. The lowest BCUT2D eigenvalue weighted by Gasteiger charge is -2.15. The van der Waals surface area contributed by atoms with Crippen molar-refractivity contribution in [1.82, 2.24) is 15.0 Å². The summed E-state index contributed by atoms with van der Waals surface area (Å²) >= 11 is 5.82. The van der Waals surface area contributed by atoms with E-state index in [2.05, 4.69) is 41.3 Å². The topological polar surface area (TPSA) is 59.2 Å². The molecule has 0 aliphatic carbocycles. The Morgan fingerprint density at radius 1 is 1.25 bits per heavy atom. The van der Waals surface area contributed by atoms with E-state index in [0.29, 0.717) is 36.8 Å². The van der Waals surface area contributed by atoms with E-state index in [4.69, 9.17) is 16.1 Å². The Hall–Kier alpha value is -2.73. The number of carbonyl (C=O) groups is 1. The van der Waals surface area contributed by atoms with Gasteiger partial charge in [-0.25, -0.2) is 4.39 Å². The fraction of sp³-hybridized carbons (Fsp3) is 0.286. The Bertz CT molecular complexity index is 1000. The predicted octanol–water partition coefficient (Wildman–Crippen LogP) is 4.40. The molecule has 0 spiro atoms. The van der Waals surface area contributed by atoms with E-state index < -0.39 is 5.82 Å². The highest BCUT2D eigenvalue weighted by atomic mass is 35.5. The normalized spacial score (nSPS) is 16.8. The summed E-state index contributed by atoms with van der Waals surface area (Å²) in [6.45, 7) is 3.26. The Morgan fingerprint density at radius 3 is 2.79 bits per heavy atom. The quantitative estimate of drug-likeness (QED) is 0.638. The molecule has 3 aromatic rings. The second kappa shape index (κ2) is 7.72. The highest BCUT2D eigenvalue weighted by molar-refractivity contribution is 6.31. The number of aromatic nitrogens is 2. The largest absolute Gasteiger partial charge is 0.342 e. The van der Waals surface area contributed by atoms with Gasteiger partial charge in [-0.1, -0.05) is 46.6 Å². The molecule has 5 nitrogen and oxygen atoms in total. The first kappa shape index (κ1) is 18.6. The van der Waals surface area contributed by atoms with Crippen LogP contribution in [0.25, 0.3) is 11.4 Å². The van der Waals surface area contributed by atoms with Crippen molar-refractivity contribution in [3.8, 4) is 11.4 Å². The summed E-state index contributed by atoms with van der Waals surface area (Å²) in [5.74, 6) is 0.202. The standard InChI is InChI=1S/C21H19ClFN3O2/c1-13-2-4-14(5-3-13)8-9-26-12-16(11-19(26)27)21-24-20(25-28-21)15-6-7-18(23)17(22)10-15/h2-7,10,16H,8-9,11-12H2,1H3. The van der Waals surface area contributed by atoms with Crippen LogP contribution in [0.2, 0.25) is 5.02 Å². The molecule has 1 aliphatic heterocycles. The molecule has 0 bridgehead atoms. The third-order valence-electron chi connectivity index (χ3n) is 4.97. The van der Waals surface area contributed by atoms with E-state index in [9.17, 15) is 9.18 Å². The summed E-state index contributed by atoms with van der Waals surface area (Å²) in [6, 6.07) is 12.6. The molecule has 7 heteroatoms. The fourth-order valence-corrected chi connectivity index (χ4v) is 3.51. The zero-order valence-corrected chi connectivity index (χ0v) is 16.1. The van der Waals surface area contributed by atoms with Gasteiger partial charge in [-0.15, -0.1) is 0 Å². The van der Waals surface area contributed by atoms with Crippen LogP contribution in [0.1, 0.15) is 29.4 Å². The predicted molar refractivity (Wildman–Crippen MR) is 104 cm³/mol. The second-order valence-corrected chi connectivity index (χ2v) is 7.47. The molecule has 1 amide bonds. The Kier molecular flexibility index (Phi) is 5.13. The van der Waals surface area contributed by atoms with Crippen LogP contribution in [0.3, 0.4) is 0 Å². The second-order valence-electron chi connectivity index (χ2n) is 7.06. The highest BCUT2D eigenvalue weighted by Gasteiger charge is 2.34. The molecule has 2 heterocycles. The third-order valence-corrected chi connectivity index (χ3v) is 5.26. The van der Waals surface area contributed by atoms with E-state index in [1.165, 1.54) is 23.3 Å². The zero-order valence-electron chi connectivity index (χ0n) is 15.4. The first-order valence-corrected chi connectivity index (χ1v) is 9.50. The van der Waals surface area contributed by atoms with Crippen LogP contribution in [0, 0.1) is 12.7 Å². The minimum Gasteiger partial charge on any atom is -0.342 e. The molecule has 1 fully saturated rings. The Balaban J connectivity index is 1.41. The summed E-state index contributed by atoms with van der Waals surface area (Å²) in [7, 11) is 0. The molecule has 1 unspecified atom stereocenters. The Labute approximate surface area is 167 Å². The van der Waals surface area contributed by atoms with Crippen molar-refractivity contribution in [2.24, 2.45) is 0 Å². The molecule has 0 radical (unpaired) electrons. The first-order valence-electron chi connectivity index (χ1n) is 9.12.